The van der Waals surface area contributed by atoms with E-state index in [4.69, 9.17) is 20.8 Å². The standard InChI is InChI=1S/C15H17ClN2O3/c1-10(13-4-3-7-21-13)18-15(19)9-17-11-5-6-14(20-2)12(16)8-11/h3-8,10,17H,9H2,1-2H3,(H,18,19). The lowest BCUT2D eigenvalue weighted by molar-refractivity contribution is -0.120. The Labute approximate surface area is 128 Å². The molecule has 0 bridgehead atoms. The van der Waals surface area contributed by atoms with E-state index >= 15 is 0 Å². The maximum Gasteiger partial charge on any atom is 0.239 e. The van der Waals surface area contributed by atoms with Crippen molar-refractivity contribution in [3.63, 3.8) is 0 Å². The van der Waals surface area contributed by atoms with Crippen LogP contribution in [-0.4, -0.2) is 19.6 Å². The molecule has 1 aromatic carbocycles. The summed E-state index contributed by atoms with van der Waals surface area (Å²) in [5.41, 5.74) is 0.751. The van der Waals surface area contributed by atoms with Crippen LogP contribution < -0.4 is 15.4 Å². The number of ether oxygens (including phenoxy) is 1. The van der Waals surface area contributed by atoms with Crippen LogP contribution >= 0.6 is 11.6 Å². The molecular weight excluding hydrogens is 292 g/mol. The molecule has 1 amide bonds. The SMILES string of the molecule is COc1ccc(NCC(=O)NC(C)c2ccco2)cc1Cl. The zero-order valence-corrected chi connectivity index (χ0v) is 12.6. The number of amides is 1. The number of benzene rings is 1. The molecular formula is C15H17ClN2O3. The Morgan fingerprint density at radius 2 is 2.24 bits per heavy atom. The fourth-order valence-corrected chi connectivity index (χ4v) is 2.12. The molecule has 5 nitrogen and oxygen atoms in total. The molecule has 1 heterocycles. The smallest absolute Gasteiger partial charge is 0.239 e. The van der Waals surface area contributed by atoms with Gasteiger partial charge in [0.25, 0.3) is 0 Å². The number of carbonyl (C=O) groups excluding carboxylic acids is 1. The average Bonchev–Trinajstić information content (AvgIpc) is 2.99. The van der Waals surface area contributed by atoms with Crippen molar-refractivity contribution in [2.75, 3.05) is 19.0 Å². The summed E-state index contributed by atoms with van der Waals surface area (Å²) < 4.78 is 10.3. The highest BCUT2D eigenvalue weighted by molar-refractivity contribution is 6.32. The van der Waals surface area contributed by atoms with Crippen LogP contribution in [0.5, 0.6) is 5.75 Å². The third-order valence-electron chi connectivity index (χ3n) is 2.95. The lowest BCUT2D eigenvalue weighted by atomic mass is 10.2. The van der Waals surface area contributed by atoms with Gasteiger partial charge in [-0.25, -0.2) is 0 Å². The Morgan fingerprint density at radius 1 is 1.43 bits per heavy atom. The van der Waals surface area contributed by atoms with Gasteiger partial charge in [0.05, 0.1) is 31.0 Å². The Bertz CT molecular complexity index is 599. The normalized spacial score (nSPS) is 11.8. The topological polar surface area (TPSA) is 63.5 Å². The molecule has 0 saturated carbocycles. The van der Waals surface area contributed by atoms with E-state index in [1.54, 1.807) is 37.6 Å². The van der Waals surface area contributed by atoms with Gasteiger partial charge in [0, 0.05) is 5.69 Å². The van der Waals surface area contributed by atoms with Crippen molar-refractivity contribution in [2.45, 2.75) is 13.0 Å². The molecule has 0 radical (unpaired) electrons. The molecule has 2 N–H and O–H groups in total. The van der Waals surface area contributed by atoms with E-state index in [9.17, 15) is 4.79 Å². The minimum Gasteiger partial charge on any atom is -0.495 e. The molecule has 0 spiro atoms. The monoisotopic (exact) mass is 308 g/mol. The van der Waals surface area contributed by atoms with Crippen LogP contribution in [0.4, 0.5) is 5.69 Å². The van der Waals surface area contributed by atoms with Crippen molar-refractivity contribution in [1.29, 1.82) is 0 Å². The fourth-order valence-electron chi connectivity index (χ4n) is 1.86. The highest BCUT2D eigenvalue weighted by Crippen LogP contribution is 2.27. The maximum absolute atomic E-state index is 11.9. The van der Waals surface area contributed by atoms with Crippen molar-refractivity contribution >= 4 is 23.2 Å². The largest absolute Gasteiger partial charge is 0.495 e. The second kappa shape index (κ2) is 7.04. The first-order chi connectivity index (χ1) is 10.1. The molecule has 112 valence electrons. The second-order valence-corrected chi connectivity index (χ2v) is 4.91. The van der Waals surface area contributed by atoms with E-state index in [0.29, 0.717) is 10.8 Å². The van der Waals surface area contributed by atoms with Crippen LogP contribution in [0.1, 0.15) is 18.7 Å². The summed E-state index contributed by atoms with van der Waals surface area (Å²) in [5.74, 6) is 1.18. The number of anilines is 1. The molecule has 0 saturated heterocycles. The molecule has 21 heavy (non-hydrogen) atoms. The van der Waals surface area contributed by atoms with E-state index in [2.05, 4.69) is 10.6 Å². The number of halogens is 1. The van der Waals surface area contributed by atoms with Gasteiger partial charge in [-0.2, -0.15) is 0 Å². The highest BCUT2D eigenvalue weighted by atomic mass is 35.5. The number of rotatable bonds is 6. The number of methoxy groups -OCH3 is 1. The van der Waals surface area contributed by atoms with Crippen LogP contribution in [0, 0.1) is 0 Å². The van der Waals surface area contributed by atoms with E-state index < -0.39 is 0 Å². The molecule has 1 atom stereocenters. The summed E-state index contributed by atoms with van der Waals surface area (Å²) in [5, 5.41) is 6.33. The Morgan fingerprint density at radius 3 is 2.86 bits per heavy atom. The van der Waals surface area contributed by atoms with Crippen molar-refractivity contribution < 1.29 is 13.9 Å². The third kappa shape index (κ3) is 4.16. The van der Waals surface area contributed by atoms with E-state index in [-0.39, 0.29) is 18.5 Å². The van der Waals surface area contributed by atoms with Gasteiger partial charge < -0.3 is 19.8 Å². The summed E-state index contributed by atoms with van der Waals surface area (Å²) in [6.07, 6.45) is 1.58. The number of nitrogens with one attached hydrogen (secondary N) is 2. The molecule has 1 aromatic heterocycles. The summed E-state index contributed by atoms with van der Waals surface area (Å²) in [6.45, 7) is 2.01. The molecule has 0 aliphatic rings. The van der Waals surface area contributed by atoms with Crippen LogP contribution in [0.15, 0.2) is 41.0 Å². The summed E-state index contributed by atoms with van der Waals surface area (Å²) in [6, 6.07) is 8.69. The van der Waals surface area contributed by atoms with Crippen molar-refractivity contribution in [2.24, 2.45) is 0 Å². The number of hydrogen-bond donors (Lipinski definition) is 2. The Kier molecular flexibility index (Phi) is 5.11. The molecule has 6 heteroatoms. The number of furan rings is 1. The number of carbonyl (C=O) groups is 1. The van der Waals surface area contributed by atoms with Gasteiger partial charge in [0.1, 0.15) is 11.5 Å². The van der Waals surface area contributed by atoms with Gasteiger partial charge in [-0.3, -0.25) is 4.79 Å². The maximum atomic E-state index is 11.9. The lowest BCUT2D eigenvalue weighted by Crippen LogP contribution is -2.31. The zero-order chi connectivity index (χ0) is 15.2. The lowest BCUT2D eigenvalue weighted by Gasteiger charge is -2.13. The second-order valence-electron chi connectivity index (χ2n) is 4.51. The van der Waals surface area contributed by atoms with Crippen LogP contribution in [-0.2, 0) is 4.79 Å². The quantitative estimate of drug-likeness (QED) is 0.860. The average molecular weight is 309 g/mol. The zero-order valence-electron chi connectivity index (χ0n) is 11.9. The van der Waals surface area contributed by atoms with E-state index in [0.717, 1.165) is 11.4 Å². The minimum absolute atomic E-state index is 0.133. The van der Waals surface area contributed by atoms with Gasteiger partial charge in [-0.15, -0.1) is 0 Å². The van der Waals surface area contributed by atoms with Crippen molar-refractivity contribution in [1.82, 2.24) is 5.32 Å². The summed E-state index contributed by atoms with van der Waals surface area (Å²) in [4.78, 5) is 11.9. The molecule has 0 fully saturated rings. The van der Waals surface area contributed by atoms with Crippen molar-refractivity contribution in [3.05, 3.63) is 47.4 Å². The predicted octanol–water partition coefficient (Wildman–Crippen LogP) is 3.23. The third-order valence-corrected chi connectivity index (χ3v) is 3.25. The Balaban J connectivity index is 1.85. The molecule has 2 rings (SSSR count). The molecule has 0 aliphatic heterocycles. The first kappa shape index (κ1) is 15.3. The first-order valence-corrected chi connectivity index (χ1v) is 6.88. The van der Waals surface area contributed by atoms with Crippen LogP contribution in [0.3, 0.4) is 0 Å². The minimum atomic E-state index is -0.172. The molecule has 1 unspecified atom stereocenters. The van der Waals surface area contributed by atoms with Gasteiger partial charge in [-0.1, -0.05) is 11.6 Å². The van der Waals surface area contributed by atoms with Gasteiger partial charge in [0.15, 0.2) is 0 Å². The molecule has 0 aliphatic carbocycles. The highest BCUT2D eigenvalue weighted by Gasteiger charge is 2.11. The van der Waals surface area contributed by atoms with Gasteiger partial charge >= 0.3 is 0 Å². The molecule has 2 aromatic rings. The van der Waals surface area contributed by atoms with Crippen LogP contribution in [0.2, 0.25) is 5.02 Å². The van der Waals surface area contributed by atoms with Gasteiger partial charge in [0.2, 0.25) is 5.91 Å². The van der Waals surface area contributed by atoms with Gasteiger partial charge in [-0.05, 0) is 37.3 Å². The van der Waals surface area contributed by atoms with E-state index in [1.165, 1.54) is 0 Å². The first-order valence-electron chi connectivity index (χ1n) is 6.50. The summed E-state index contributed by atoms with van der Waals surface area (Å²) >= 11 is 6.02. The van der Waals surface area contributed by atoms with Crippen LogP contribution in [0.25, 0.3) is 0 Å². The van der Waals surface area contributed by atoms with E-state index in [1.807, 2.05) is 13.0 Å². The van der Waals surface area contributed by atoms with Crippen molar-refractivity contribution in [3.8, 4) is 5.75 Å². The Hall–Kier alpha value is -2.14. The summed E-state index contributed by atoms with van der Waals surface area (Å²) in [7, 11) is 1.55. The fraction of sp³-hybridized carbons (Fsp3) is 0.267. The number of hydrogen-bond acceptors (Lipinski definition) is 4. The predicted molar refractivity (Wildman–Crippen MR) is 81.8 cm³/mol.